The van der Waals surface area contributed by atoms with Gasteiger partial charge in [-0.2, -0.15) is 0 Å². The number of carbonyl (C=O) groups is 2. The molecule has 0 bridgehead atoms. The van der Waals surface area contributed by atoms with Crippen LogP contribution in [0.3, 0.4) is 0 Å². The highest BCUT2D eigenvalue weighted by Crippen LogP contribution is 2.40. The number of rotatable bonds is 8. The maximum Gasteiger partial charge on any atom is 0.295 e. The van der Waals surface area contributed by atoms with Crippen LogP contribution in [0.5, 0.6) is 11.5 Å². The molecule has 1 unspecified atom stereocenters. The molecule has 1 aliphatic heterocycles. The van der Waals surface area contributed by atoms with Gasteiger partial charge in [0, 0.05) is 12.1 Å². The molecule has 1 saturated heterocycles. The normalized spacial score (nSPS) is 17.0. The van der Waals surface area contributed by atoms with Crippen LogP contribution in [0, 0.1) is 5.82 Å². The number of Topliss-reactive ketones (excluding diaryl/α,β-unsaturated/α-hetero) is 1. The molecule has 1 atom stereocenters. The Morgan fingerprint density at radius 3 is 2.14 bits per heavy atom. The number of aliphatic hydroxyl groups excluding tert-OH is 1. The minimum Gasteiger partial charge on any atom is -0.507 e. The van der Waals surface area contributed by atoms with E-state index in [9.17, 15) is 19.1 Å². The summed E-state index contributed by atoms with van der Waals surface area (Å²) in [5.41, 5.74) is 1.91. The van der Waals surface area contributed by atoms with E-state index < -0.39 is 17.7 Å². The Morgan fingerprint density at radius 1 is 0.944 bits per heavy atom. The van der Waals surface area contributed by atoms with Gasteiger partial charge in [-0.15, -0.1) is 0 Å². The minimum absolute atomic E-state index is 0.00716. The van der Waals surface area contributed by atoms with Crippen LogP contribution in [-0.4, -0.2) is 41.5 Å². The number of ketones is 1. The van der Waals surface area contributed by atoms with Crippen LogP contribution in [0.1, 0.15) is 36.6 Å². The van der Waals surface area contributed by atoms with E-state index in [-0.39, 0.29) is 29.8 Å². The van der Waals surface area contributed by atoms with Crippen molar-refractivity contribution in [3.63, 3.8) is 0 Å². The lowest BCUT2D eigenvalue weighted by Crippen LogP contribution is -2.31. The molecule has 1 N–H and O–H groups in total. The van der Waals surface area contributed by atoms with Crippen LogP contribution in [0.4, 0.5) is 4.39 Å². The van der Waals surface area contributed by atoms with Crippen LogP contribution in [-0.2, 0) is 16.0 Å². The molecule has 0 radical (unpaired) electrons. The van der Waals surface area contributed by atoms with Gasteiger partial charge in [-0.25, -0.2) is 4.39 Å². The highest BCUT2D eigenvalue weighted by Gasteiger charge is 2.45. The van der Waals surface area contributed by atoms with Crippen molar-refractivity contribution < 1.29 is 28.6 Å². The van der Waals surface area contributed by atoms with Crippen molar-refractivity contribution in [2.75, 3.05) is 13.7 Å². The van der Waals surface area contributed by atoms with E-state index in [0.717, 1.165) is 5.56 Å². The summed E-state index contributed by atoms with van der Waals surface area (Å²) in [5.74, 6) is -0.791. The number of methoxy groups -OCH3 is 1. The van der Waals surface area contributed by atoms with Crippen molar-refractivity contribution in [2.45, 2.75) is 32.4 Å². The second kappa shape index (κ2) is 10.6. The molecule has 0 aliphatic carbocycles. The number of carbonyl (C=O) groups excluding carboxylic acids is 2. The lowest BCUT2D eigenvalue weighted by Gasteiger charge is -2.25. The zero-order valence-electron chi connectivity index (χ0n) is 20.4. The molecule has 0 saturated carbocycles. The number of hydrogen-bond donors (Lipinski definition) is 1. The minimum atomic E-state index is -0.791. The van der Waals surface area contributed by atoms with Crippen molar-refractivity contribution >= 4 is 17.4 Å². The third-order valence-electron chi connectivity index (χ3n) is 6.03. The highest BCUT2D eigenvalue weighted by atomic mass is 19.1. The molecule has 1 amide bonds. The average Bonchev–Trinajstić information content (AvgIpc) is 3.13. The Bertz CT molecular complexity index is 1260. The van der Waals surface area contributed by atoms with Gasteiger partial charge < -0.3 is 19.5 Å². The smallest absolute Gasteiger partial charge is 0.295 e. The van der Waals surface area contributed by atoms with Crippen molar-refractivity contribution in [3.8, 4) is 11.5 Å². The number of likely N-dealkylation sites (tertiary alicyclic amines) is 1. The Kier molecular flexibility index (Phi) is 7.38. The molecule has 1 aliphatic rings. The van der Waals surface area contributed by atoms with Gasteiger partial charge in [0.1, 0.15) is 23.1 Å². The lowest BCUT2D eigenvalue weighted by molar-refractivity contribution is -0.139. The SMILES string of the molecule is COc1ccc(/C(O)=C2/C(=O)C(=O)N(CCc3ccc(F)cc3)C2c2ccc(OC(C)C)cc2)cc1. The fourth-order valence-electron chi connectivity index (χ4n) is 4.26. The van der Waals surface area contributed by atoms with Gasteiger partial charge in [0.05, 0.1) is 24.8 Å². The maximum absolute atomic E-state index is 13.3. The Balaban J connectivity index is 1.74. The lowest BCUT2D eigenvalue weighted by atomic mass is 9.95. The molecule has 0 aromatic heterocycles. The molecular weight excluding hydrogens is 461 g/mol. The number of halogens is 1. The predicted molar refractivity (Wildman–Crippen MR) is 134 cm³/mol. The fraction of sp³-hybridized carbons (Fsp3) is 0.241. The zero-order chi connectivity index (χ0) is 25.8. The molecule has 6 nitrogen and oxygen atoms in total. The first-order valence-corrected chi connectivity index (χ1v) is 11.7. The van der Waals surface area contributed by atoms with Gasteiger partial charge in [-0.05, 0) is 79.9 Å². The summed E-state index contributed by atoms with van der Waals surface area (Å²) in [4.78, 5) is 27.8. The second-order valence-electron chi connectivity index (χ2n) is 8.83. The molecule has 186 valence electrons. The van der Waals surface area contributed by atoms with Crippen LogP contribution in [0.25, 0.3) is 5.76 Å². The summed E-state index contributed by atoms with van der Waals surface area (Å²) < 4.78 is 24.2. The molecule has 1 heterocycles. The zero-order valence-corrected chi connectivity index (χ0v) is 20.4. The molecular formula is C29H28FNO5. The van der Waals surface area contributed by atoms with Gasteiger partial charge in [-0.1, -0.05) is 24.3 Å². The van der Waals surface area contributed by atoms with E-state index >= 15 is 0 Å². The van der Waals surface area contributed by atoms with Crippen LogP contribution >= 0.6 is 0 Å². The number of aliphatic hydroxyl groups is 1. The van der Waals surface area contributed by atoms with Crippen molar-refractivity contribution in [1.29, 1.82) is 0 Å². The molecule has 1 fully saturated rings. The predicted octanol–water partition coefficient (Wildman–Crippen LogP) is 5.29. The first-order chi connectivity index (χ1) is 17.3. The van der Waals surface area contributed by atoms with Crippen molar-refractivity contribution in [2.24, 2.45) is 0 Å². The number of nitrogens with zero attached hydrogens (tertiary/aromatic N) is 1. The van der Waals surface area contributed by atoms with E-state index in [1.807, 2.05) is 13.8 Å². The average molecular weight is 490 g/mol. The third kappa shape index (κ3) is 5.25. The van der Waals surface area contributed by atoms with Gasteiger partial charge in [0.15, 0.2) is 0 Å². The largest absolute Gasteiger partial charge is 0.507 e. The Morgan fingerprint density at radius 2 is 1.56 bits per heavy atom. The van der Waals surface area contributed by atoms with Crippen molar-refractivity contribution in [1.82, 2.24) is 4.90 Å². The highest BCUT2D eigenvalue weighted by molar-refractivity contribution is 6.46. The summed E-state index contributed by atoms with van der Waals surface area (Å²) in [5, 5.41) is 11.2. The Labute approximate surface area is 209 Å². The standard InChI is InChI=1S/C29H28FNO5/c1-18(2)36-24-14-6-20(7-15-24)26-25(27(32)21-8-12-23(35-3)13-9-21)28(33)29(34)31(26)17-16-19-4-10-22(30)11-5-19/h4-15,18,26,32H,16-17H2,1-3H3/b27-25-. The number of benzene rings is 3. The van der Waals surface area contributed by atoms with Gasteiger partial charge in [0.25, 0.3) is 11.7 Å². The van der Waals surface area contributed by atoms with Crippen LogP contribution < -0.4 is 9.47 Å². The quantitative estimate of drug-likeness (QED) is 0.265. The first kappa shape index (κ1) is 25.0. The topological polar surface area (TPSA) is 76.1 Å². The van der Waals surface area contributed by atoms with E-state index in [0.29, 0.717) is 29.0 Å². The van der Waals surface area contributed by atoms with E-state index in [1.54, 1.807) is 60.7 Å². The van der Waals surface area contributed by atoms with Crippen LogP contribution in [0.2, 0.25) is 0 Å². The number of amides is 1. The molecule has 0 spiro atoms. The monoisotopic (exact) mass is 489 g/mol. The third-order valence-corrected chi connectivity index (χ3v) is 6.03. The summed E-state index contributed by atoms with van der Waals surface area (Å²) >= 11 is 0. The molecule has 4 rings (SSSR count). The molecule has 3 aromatic rings. The van der Waals surface area contributed by atoms with E-state index in [4.69, 9.17) is 9.47 Å². The molecule has 7 heteroatoms. The summed E-state index contributed by atoms with van der Waals surface area (Å²) in [7, 11) is 1.54. The number of ether oxygens (including phenoxy) is 2. The van der Waals surface area contributed by atoms with Gasteiger partial charge >= 0.3 is 0 Å². The summed E-state index contributed by atoms with van der Waals surface area (Å²) in [6.07, 6.45) is 0.410. The fourth-order valence-corrected chi connectivity index (χ4v) is 4.26. The molecule has 3 aromatic carbocycles. The number of hydrogen-bond acceptors (Lipinski definition) is 5. The second-order valence-corrected chi connectivity index (χ2v) is 8.83. The van der Waals surface area contributed by atoms with E-state index in [1.165, 1.54) is 24.1 Å². The van der Waals surface area contributed by atoms with Gasteiger partial charge in [-0.3, -0.25) is 9.59 Å². The Hall–Kier alpha value is -4.13. The first-order valence-electron chi connectivity index (χ1n) is 11.7. The van der Waals surface area contributed by atoms with Crippen LogP contribution in [0.15, 0.2) is 78.4 Å². The maximum atomic E-state index is 13.3. The van der Waals surface area contributed by atoms with E-state index in [2.05, 4.69) is 0 Å². The summed E-state index contributed by atoms with van der Waals surface area (Å²) in [6, 6.07) is 19.0. The summed E-state index contributed by atoms with van der Waals surface area (Å²) in [6.45, 7) is 4.06. The van der Waals surface area contributed by atoms with Crippen molar-refractivity contribution in [3.05, 3.63) is 101 Å². The van der Waals surface area contributed by atoms with Gasteiger partial charge in [0.2, 0.25) is 0 Å². The molecule has 36 heavy (non-hydrogen) atoms.